The van der Waals surface area contributed by atoms with Crippen LogP contribution in [0, 0.1) is 0 Å². The summed E-state index contributed by atoms with van der Waals surface area (Å²) in [7, 11) is 1.53. The van der Waals surface area contributed by atoms with E-state index >= 15 is 0 Å². The molecule has 0 aromatic heterocycles. The fourth-order valence-electron chi connectivity index (χ4n) is 1.08. The second kappa shape index (κ2) is 4.77. The predicted molar refractivity (Wildman–Crippen MR) is 58.1 cm³/mol. The molecule has 4 nitrogen and oxygen atoms in total. The molecule has 0 aliphatic heterocycles. The van der Waals surface area contributed by atoms with Gasteiger partial charge in [0, 0.05) is 24.2 Å². The lowest BCUT2D eigenvalue weighted by Gasteiger charge is -2.04. The molecule has 1 rings (SSSR count). The van der Waals surface area contributed by atoms with Gasteiger partial charge in [0.05, 0.1) is 0 Å². The molecule has 0 aromatic carbocycles. The van der Waals surface area contributed by atoms with Gasteiger partial charge in [0.15, 0.2) is 0 Å². The van der Waals surface area contributed by atoms with Gasteiger partial charge in [-0.15, -0.1) is 0 Å². The van der Waals surface area contributed by atoms with Crippen molar-refractivity contribution in [1.82, 2.24) is 10.6 Å². The maximum Gasteiger partial charge on any atom is 0.250 e. The number of hydrogen-bond donors (Lipinski definition) is 2. The quantitative estimate of drug-likeness (QED) is 0.522. The van der Waals surface area contributed by atoms with Crippen molar-refractivity contribution in [2.75, 3.05) is 7.05 Å². The van der Waals surface area contributed by atoms with Crippen LogP contribution in [-0.4, -0.2) is 24.9 Å². The van der Waals surface area contributed by atoms with Gasteiger partial charge in [0.1, 0.15) is 0 Å². The van der Waals surface area contributed by atoms with Gasteiger partial charge in [-0.05, 0) is 25.8 Å². The first-order valence-corrected chi connectivity index (χ1v) is 4.94. The van der Waals surface area contributed by atoms with Crippen LogP contribution < -0.4 is 10.6 Å². The van der Waals surface area contributed by atoms with E-state index in [1.165, 1.54) is 13.1 Å². The van der Waals surface area contributed by atoms with Gasteiger partial charge >= 0.3 is 0 Å². The lowest BCUT2D eigenvalue weighted by molar-refractivity contribution is -0.117. The van der Waals surface area contributed by atoms with Crippen molar-refractivity contribution in [2.24, 2.45) is 0 Å². The van der Waals surface area contributed by atoms with Crippen molar-refractivity contribution in [3.05, 3.63) is 23.8 Å². The Bertz CT molecular complexity index is 327. The first-order valence-electron chi connectivity index (χ1n) is 4.94. The molecule has 15 heavy (non-hydrogen) atoms. The first-order chi connectivity index (χ1) is 7.04. The van der Waals surface area contributed by atoms with Crippen LogP contribution in [-0.2, 0) is 9.59 Å². The van der Waals surface area contributed by atoms with Crippen LogP contribution in [0.1, 0.15) is 19.8 Å². The number of hydrogen-bond acceptors (Lipinski definition) is 2. The maximum absolute atomic E-state index is 11.5. The predicted octanol–water partition coefficient (Wildman–Crippen LogP) is 0.513. The molecule has 0 heterocycles. The molecule has 2 N–H and O–H groups in total. The van der Waals surface area contributed by atoms with Gasteiger partial charge < -0.3 is 10.6 Å². The molecule has 0 aromatic rings. The minimum Gasteiger partial charge on any atom is -0.355 e. The summed E-state index contributed by atoms with van der Waals surface area (Å²) in [4.78, 5) is 22.6. The number of carbonyl (C=O) groups is 2. The van der Waals surface area contributed by atoms with E-state index in [0.29, 0.717) is 17.2 Å². The highest BCUT2D eigenvalue weighted by molar-refractivity contribution is 5.99. The van der Waals surface area contributed by atoms with Crippen LogP contribution in [0.2, 0.25) is 0 Å². The van der Waals surface area contributed by atoms with Gasteiger partial charge in [-0.3, -0.25) is 9.59 Å². The second-order valence-electron chi connectivity index (χ2n) is 3.68. The second-order valence-corrected chi connectivity index (χ2v) is 3.68. The van der Waals surface area contributed by atoms with Gasteiger partial charge in [0.25, 0.3) is 0 Å². The minimum absolute atomic E-state index is 0.123. The number of carbonyl (C=O) groups excluding carboxylic acids is 2. The summed E-state index contributed by atoms with van der Waals surface area (Å²) in [6, 6.07) is 0.328. The van der Waals surface area contributed by atoms with Gasteiger partial charge in [-0.1, -0.05) is 6.58 Å². The fourth-order valence-corrected chi connectivity index (χ4v) is 1.08. The average Bonchev–Trinajstić information content (AvgIpc) is 3.00. The highest BCUT2D eigenvalue weighted by Crippen LogP contribution is 2.19. The van der Waals surface area contributed by atoms with E-state index in [2.05, 4.69) is 17.2 Å². The SMILES string of the molecule is C=C(/C=C(\C)C(=O)NC1CC1)C(=O)NC. The molecule has 82 valence electrons. The van der Waals surface area contributed by atoms with Crippen molar-refractivity contribution in [3.8, 4) is 0 Å². The Morgan fingerprint density at radius 1 is 1.33 bits per heavy atom. The summed E-state index contributed by atoms with van der Waals surface area (Å²) >= 11 is 0. The molecule has 0 atom stereocenters. The normalized spacial score (nSPS) is 15.7. The Morgan fingerprint density at radius 3 is 2.40 bits per heavy atom. The van der Waals surface area contributed by atoms with Crippen molar-refractivity contribution < 1.29 is 9.59 Å². The van der Waals surface area contributed by atoms with Crippen LogP contribution in [0.25, 0.3) is 0 Å². The molecule has 0 unspecified atom stereocenters. The van der Waals surface area contributed by atoms with Gasteiger partial charge in [0.2, 0.25) is 11.8 Å². The Kier molecular flexibility index (Phi) is 3.66. The Hall–Kier alpha value is -1.58. The molecule has 1 aliphatic carbocycles. The molecule has 0 bridgehead atoms. The number of nitrogens with one attached hydrogen (secondary N) is 2. The fraction of sp³-hybridized carbons (Fsp3) is 0.455. The van der Waals surface area contributed by atoms with Crippen molar-refractivity contribution in [1.29, 1.82) is 0 Å². The summed E-state index contributed by atoms with van der Waals surface area (Å²) in [5.74, 6) is -0.392. The van der Waals surface area contributed by atoms with Crippen molar-refractivity contribution in [3.63, 3.8) is 0 Å². The Balaban J connectivity index is 2.52. The molecule has 0 saturated heterocycles. The van der Waals surface area contributed by atoms with E-state index in [-0.39, 0.29) is 11.8 Å². The lowest BCUT2D eigenvalue weighted by Crippen LogP contribution is -2.26. The van der Waals surface area contributed by atoms with Gasteiger partial charge in [-0.2, -0.15) is 0 Å². The van der Waals surface area contributed by atoms with E-state index in [1.807, 2.05) is 0 Å². The van der Waals surface area contributed by atoms with Crippen LogP contribution >= 0.6 is 0 Å². The number of rotatable bonds is 4. The molecular formula is C11H16N2O2. The molecule has 0 spiro atoms. The molecule has 2 amide bonds. The van der Waals surface area contributed by atoms with Crippen LogP contribution in [0.3, 0.4) is 0 Å². The van der Waals surface area contributed by atoms with Crippen molar-refractivity contribution >= 4 is 11.8 Å². The molecule has 1 saturated carbocycles. The van der Waals surface area contributed by atoms with E-state index in [9.17, 15) is 9.59 Å². The summed E-state index contributed by atoms with van der Waals surface area (Å²) < 4.78 is 0. The summed E-state index contributed by atoms with van der Waals surface area (Å²) in [5.41, 5.74) is 0.802. The molecule has 1 aliphatic rings. The van der Waals surface area contributed by atoms with Gasteiger partial charge in [-0.25, -0.2) is 0 Å². The first kappa shape index (κ1) is 11.5. The highest BCUT2D eigenvalue weighted by Gasteiger charge is 2.23. The smallest absolute Gasteiger partial charge is 0.250 e. The van der Waals surface area contributed by atoms with E-state index < -0.39 is 0 Å². The number of amides is 2. The molecule has 4 heteroatoms. The van der Waals surface area contributed by atoms with Crippen LogP contribution in [0.4, 0.5) is 0 Å². The van der Waals surface area contributed by atoms with E-state index in [1.54, 1.807) is 6.92 Å². The molecule has 0 radical (unpaired) electrons. The molecule has 1 fully saturated rings. The zero-order chi connectivity index (χ0) is 11.4. The monoisotopic (exact) mass is 208 g/mol. The van der Waals surface area contributed by atoms with Crippen molar-refractivity contribution in [2.45, 2.75) is 25.8 Å². The number of likely N-dealkylation sites (N-methyl/N-ethyl adjacent to an activating group) is 1. The highest BCUT2D eigenvalue weighted by atomic mass is 16.2. The van der Waals surface area contributed by atoms with Crippen LogP contribution in [0.5, 0.6) is 0 Å². The summed E-state index contributed by atoms with van der Waals surface area (Å²) in [6.07, 6.45) is 3.60. The third-order valence-corrected chi connectivity index (χ3v) is 2.18. The Morgan fingerprint density at radius 2 is 1.93 bits per heavy atom. The maximum atomic E-state index is 11.5. The van der Waals surface area contributed by atoms with E-state index in [0.717, 1.165) is 12.8 Å². The summed E-state index contributed by atoms with van der Waals surface area (Å²) in [5, 5.41) is 5.28. The largest absolute Gasteiger partial charge is 0.355 e. The van der Waals surface area contributed by atoms with Crippen LogP contribution in [0.15, 0.2) is 23.8 Å². The zero-order valence-corrected chi connectivity index (χ0v) is 9.09. The third-order valence-electron chi connectivity index (χ3n) is 2.18. The molecular weight excluding hydrogens is 192 g/mol. The third kappa shape index (κ3) is 3.58. The topological polar surface area (TPSA) is 58.2 Å². The zero-order valence-electron chi connectivity index (χ0n) is 9.09. The lowest BCUT2D eigenvalue weighted by atomic mass is 10.1. The van der Waals surface area contributed by atoms with E-state index in [4.69, 9.17) is 0 Å². The Labute approximate surface area is 89.4 Å². The minimum atomic E-state index is -0.270. The average molecular weight is 208 g/mol. The standard InChI is InChI=1S/C11H16N2O2/c1-7(10(14)12-3)6-8(2)11(15)13-9-4-5-9/h6,9H,1,4-5H2,2-3H3,(H,12,14)(H,13,15)/b8-6+. The summed E-state index contributed by atoms with van der Waals surface area (Å²) in [6.45, 7) is 5.25.